The van der Waals surface area contributed by atoms with Crippen LogP contribution in [-0.4, -0.2) is 4.98 Å². The van der Waals surface area contributed by atoms with E-state index in [2.05, 4.69) is 142 Å². The molecule has 4 aromatic carbocycles. The Bertz CT molecular complexity index is 1380. The molecule has 0 bridgehead atoms. The Morgan fingerprint density at radius 1 is 0.500 bits per heavy atom. The van der Waals surface area contributed by atoms with Crippen LogP contribution in [0.15, 0.2) is 91.0 Å². The summed E-state index contributed by atoms with van der Waals surface area (Å²) in [7, 11) is 0. The number of benzene rings is 4. The average molecular weight is 447 g/mol. The first kappa shape index (κ1) is 22.3. The summed E-state index contributed by atoms with van der Waals surface area (Å²) < 4.78 is 0. The van der Waals surface area contributed by atoms with E-state index >= 15 is 0 Å². The summed E-state index contributed by atoms with van der Waals surface area (Å²) in [5, 5.41) is 2.50. The Balaban J connectivity index is 1.67. The number of aromatic nitrogens is 1. The lowest BCUT2D eigenvalue weighted by Gasteiger charge is -2.28. The number of nitrogens with one attached hydrogen (secondary N) is 1. The van der Waals surface area contributed by atoms with Gasteiger partial charge in [0.25, 0.3) is 0 Å². The summed E-state index contributed by atoms with van der Waals surface area (Å²) in [5.41, 5.74) is 8.75. The van der Waals surface area contributed by atoms with Crippen molar-refractivity contribution in [2.45, 2.75) is 52.4 Å². The normalized spacial score (nSPS) is 12.4. The summed E-state index contributed by atoms with van der Waals surface area (Å²) >= 11 is 0. The van der Waals surface area contributed by atoms with E-state index < -0.39 is 0 Å². The van der Waals surface area contributed by atoms with E-state index in [1.54, 1.807) is 0 Å². The van der Waals surface area contributed by atoms with Gasteiger partial charge in [-0.2, -0.15) is 0 Å². The van der Waals surface area contributed by atoms with Crippen LogP contribution in [0.5, 0.6) is 0 Å². The van der Waals surface area contributed by atoms with Crippen LogP contribution in [0, 0.1) is 0 Å². The van der Waals surface area contributed by atoms with Crippen LogP contribution in [0.1, 0.15) is 52.7 Å². The quantitative estimate of drug-likeness (QED) is 0.292. The van der Waals surface area contributed by atoms with Crippen LogP contribution in [0.3, 0.4) is 0 Å². The van der Waals surface area contributed by atoms with Crippen molar-refractivity contribution in [3.63, 3.8) is 0 Å². The van der Waals surface area contributed by atoms with Gasteiger partial charge in [0.05, 0.1) is 0 Å². The third kappa shape index (κ3) is 4.09. The van der Waals surface area contributed by atoms with Gasteiger partial charge in [-0.3, -0.25) is 0 Å². The average Bonchev–Trinajstić information content (AvgIpc) is 3.17. The second-order valence-corrected chi connectivity index (χ2v) is 11.3. The Labute approximate surface area is 203 Å². The second-order valence-electron chi connectivity index (χ2n) is 11.3. The van der Waals surface area contributed by atoms with E-state index in [1.165, 1.54) is 27.4 Å². The van der Waals surface area contributed by atoms with Crippen LogP contribution in [0.2, 0.25) is 0 Å². The van der Waals surface area contributed by atoms with Crippen LogP contribution in [0.25, 0.3) is 21.8 Å². The molecule has 0 aliphatic carbocycles. The molecule has 0 saturated heterocycles. The highest BCUT2D eigenvalue weighted by atomic mass is 15.1. The molecule has 0 radical (unpaired) electrons. The monoisotopic (exact) mass is 446 g/mol. The largest absolute Gasteiger partial charge is 0.355 e. The van der Waals surface area contributed by atoms with E-state index in [-0.39, 0.29) is 10.8 Å². The Kier molecular flexibility index (Phi) is 5.28. The molecule has 0 unspecified atom stereocenters. The topological polar surface area (TPSA) is 19.0 Å². The standard InChI is InChI=1S/C32H34N2/c1-31(2,3)22-11-15-24(16-12-22)34(25-17-13-23(14-18-25)32(4,5)6)26-19-20-30-28(21-26)27-9-7-8-10-29(27)33-30/h7-21,33H,1-6H3. The molecule has 0 aliphatic rings. The summed E-state index contributed by atoms with van der Waals surface area (Å²) in [4.78, 5) is 5.91. The van der Waals surface area contributed by atoms with Crippen LogP contribution in [-0.2, 0) is 10.8 Å². The van der Waals surface area contributed by atoms with Gasteiger partial charge in [-0.05, 0) is 70.5 Å². The maximum absolute atomic E-state index is 3.55. The number of hydrogen-bond donors (Lipinski definition) is 1. The smallest absolute Gasteiger partial charge is 0.0469 e. The molecule has 0 saturated carbocycles. The maximum Gasteiger partial charge on any atom is 0.0469 e. The minimum atomic E-state index is 0.126. The predicted octanol–water partition coefficient (Wildman–Crippen LogP) is 9.39. The molecule has 0 spiro atoms. The second kappa shape index (κ2) is 8.06. The van der Waals surface area contributed by atoms with E-state index in [0.29, 0.717) is 0 Å². The molecule has 0 atom stereocenters. The van der Waals surface area contributed by atoms with Gasteiger partial charge in [-0.1, -0.05) is 84.0 Å². The number of rotatable bonds is 3. The molecule has 2 nitrogen and oxygen atoms in total. The summed E-state index contributed by atoms with van der Waals surface area (Å²) in [6, 6.07) is 33.3. The van der Waals surface area contributed by atoms with Gasteiger partial charge in [-0.25, -0.2) is 0 Å². The van der Waals surface area contributed by atoms with Gasteiger partial charge in [0.2, 0.25) is 0 Å². The number of H-pyrrole nitrogens is 1. The fourth-order valence-corrected chi connectivity index (χ4v) is 4.64. The van der Waals surface area contributed by atoms with Crippen LogP contribution >= 0.6 is 0 Å². The molecule has 172 valence electrons. The lowest BCUT2D eigenvalue weighted by atomic mass is 9.86. The van der Waals surface area contributed by atoms with Crippen molar-refractivity contribution in [1.82, 2.24) is 4.98 Å². The molecule has 1 N–H and O–H groups in total. The fourth-order valence-electron chi connectivity index (χ4n) is 4.64. The van der Waals surface area contributed by atoms with Crippen LogP contribution in [0.4, 0.5) is 17.1 Å². The van der Waals surface area contributed by atoms with Gasteiger partial charge in [0.1, 0.15) is 0 Å². The SMILES string of the molecule is CC(C)(C)c1ccc(N(c2ccc(C(C)(C)C)cc2)c2ccc3[nH]c4ccccc4c3c2)cc1. The lowest BCUT2D eigenvalue weighted by molar-refractivity contribution is 0.590. The number of nitrogens with zero attached hydrogens (tertiary/aromatic N) is 1. The third-order valence-corrected chi connectivity index (χ3v) is 6.73. The predicted molar refractivity (Wildman–Crippen MR) is 148 cm³/mol. The molecular formula is C32H34N2. The highest BCUT2D eigenvalue weighted by Crippen LogP contribution is 2.39. The Morgan fingerprint density at radius 2 is 0.971 bits per heavy atom. The van der Waals surface area contributed by atoms with Crippen molar-refractivity contribution < 1.29 is 0 Å². The lowest BCUT2D eigenvalue weighted by Crippen LogP contribution is -2.14. The van der Waals surface area contributed by atoms with Crippen LogP contribution < -0.4 is 4.90 Å². The number of fused-ring (bicyclic) bond motifs is 3. The van der Waals surface area contributed by atoms with E-state index in [1.807, 2.05) is 0 Å². The molecule has 0 fully saturated rings. The van der Waals surface area contributed by atoms with Gasteiger partial charge < -0.3 is 9.88 Å². The van der Waals surface area contributed by atoms with Gasteiger partial charge >= 0.3 is 0 Å². The molecule has 2 heteroatoms. The van der Waals surface area contributed by atoms with Crippen molar-refractivity contribution >= 4 is 38.9 Å². The Morgan fingerprint density at radius 3 is 1.50 bits per heavy atom. The number of anilines is 3. The van der Waals surface area contributed by atoms with Gasteiger partial charge in [-0.15, -0.1) is 0 Å². The zero-order valence-corrected chi connectivity index (χ0v) is 21.1. The minimum absolute atomic E-state index is 0.126. The first-order valence-corrected chi connectivity index (χ1v) is 12.1. The zero-order valence-electron chi connectivity index (χ0n) is 21.1. The van der Waals surface area contributed by atoms with E-state index in [0.717, 1.165) is 22.6 Å². The third-order valence-electron chi connectivity index (χ3n) is 6.73. The van der Waals surface area contributed by atoms with Crippen molar-refractivity contribution in [3.05, 3.63) is 102 Å². The zero-order chi connectivity index (χ0) is 24.1. The molecule has 0 amide bonds. The molecule has 5 rings (SSSR count). The van der Waals surface area contributed by atoms with Crippen molar-refractivity contribution in [3.8, 4) is 0 Å². The first-order chi connectivity index (χ1) is 16.1. The molecule has 0 aliphatic heterocycles. The summed E-state index contributed by atoms with van der Waals surface area (Å²) in [6.45, 7) is 13.6. The summed E-state index contributed by atoms with van der Waals surface area (Å²) in [6.07, 6.45) is 0. The number of aromatic amines is 1. The molecule has 1 heterocycles. The Hall–Kier alpha value is -3.52. The highest BCUT2D eigenvalue weighted by molar-refractivity contribution is 6.08. The van der Waals surface area contributed by atoms with Crippen molar-refractivity contribution in [1.29, 1.82) is 0 Å². The number of hydrogen-bond acceptors (Lipinski definition) is 1. The molecule has 1 aromatic heterocycles. The molecular weight excluding hydrogens is 412 g/mol. The molecule has 5 aromatic rings. The van der Waals surface area contributed by atoms with Crippen molar-refractivity contribution in [2.75, 3.05) is 4.90 Å². The summed E-state index contributed by atoms with van der Waals surface area (Å²) in [5.74, 6) is 0. The van der Waals surface area contributed by atoms with Gasteiger partial charge in [0, 0.05) is 38.9 Å². The van der Waals surface area contributed by atoms with E-state index in [9.17, 15) is 0 Å². The minimum Gasteiger partial charge on any atom is -0.355 e. The van der Waals surface area contributed by atoms with Crippen molar-refractivity contribution in [2.24, 2.45) is 0 Å². The first-order valence-electron chi connectivity index (χ1n) is 12.1. The van der Waals surface area contributed by atoms with E-state index in [4.69, 9.17) is 0 Å². The van der Waals surface area contributed by atoms with Gasteiger partial charge in [0.15, 0.2) is 0 Å². The maximum atomic E-state index is 3.55. The molecule has 34 heavy (non-hydrogen) atoms. The highest BCUT2D eigenvalue weighted by Gasteiger charge is 2.19. The fraction of sp³-hybridized carbons (Fsp3) is 0.250. The number of para-hydroxylation sites is 1.